The van der Waals surface area contributed by atoms with Gasteiger partial charge in [0, 0.05) is 25.6 Å². The maximum Gasteiger partial charge on any atom is 0.261 e. The number of benzene rings is 5. The van der Waals surface area contributed by atoms with E-state index < -0.39 is 0 Å². The fourth-order valence-corrected chi connectivity index (χ4v) is 6.54. The maximum atomic E-state index is 6.48. The van der Waals surface area contributed by atoms with Crippen molar-refractivity contribution in [1.29, 1.82) is 0 Å². The topological polar surface area (TPSA) is 18.5 Å². The molecule has 1 aromatic heterocycles. The Morgan fingerprint density at radius 3 is 2.19 bits per heavy atom. The van der Waals surface area contributed by atoms with Crippen LogP contribution in [0.15, 0.2) is 91.0 Å². The Balaban J connectivity index is 1.52. The molecule has 0 amide bonds. The second-order valence-corrected chi connectivity index (χ2v) is 9.57. The van der Waals surface area contributed by atoms with E-state index in [-0.39, 0.29) is 6.71 Å². The second-order valence-electron chi connectivity index (χ2n) is 8.49. The lowest BCUT2D eigenvalue weighted by molar-refractivity contribution is 0.465. The Hall–Kier alpha value is -3.76. The molecule has 2 aliphatic heterocycles. The summed E-state index contributed by atoms with van der Waals surface area (Å²) in [7, 11) is 0. The van der Waals surface area contributed by atoms with Crippen LogP contribution in [0.4, 0.5) is 0 Å². The first kappa shape index (κ1) is 16.9. The van der Waals surface area contributed by atoms with E-state index in [1.165, 1.54) is 41.9 Å². The number of hydrogen-bond acceptors (Lipinski definition) is 3. The Morgan fingerprint density at radius 2 is 1.28 bits per heavy atom. The molecule has 0 N–H and O–H groups in total. The number of fused-ring (bicyclic) bond motifs is 9. The van der Waals surface area contributed by atoms with Gasteiger partial charge in [0.05, 0.1) is 0 Å². The predicted octanol–water partition coefficient (Wildman–Crippen LogP) is 5.94. The molecule has 0 radical (unpaired) electrons. The standard InChI is InChI=1S/C28H15BO2S/c1-2-7-17-16(6-1)12-13-23-27(17)29-20-14-19-18-8-3-4-11-25(18)32-26(19)15-24(20)31-22-10-5-9-21(30-23)28(22)29/h1-15H. The zero-order chi connectivity index (χ0) is 20.8. The third kappa shape index (κ3) is 2.10. The van der Waals surface area contributed by atoms with Crippen molar-refractivity contribution in [2.24, 2.45) is 0 Å². The molecule has 8 rings (SSSR count). The van der Waals surface area contributed by atoms with E-state index in [0.29, 0.717) is 0 Å². The highest BCUT2D eigenvalue weighted by molar-refractivity contribution is 7.25. The zero-order valence-corrected chi connectivity index (χ0v) is 17.8. The molecule has 4 heteroatoms. The molecule has 2 aliphatic rings. The molecule has 0 aliphatic carbocycles. The summed E-state index contributed by atoms with van der Waals surface area (Å²) in [5.74, 6) is 3.65. The SMILES string of the molecule is c1cc2c3c(c1)Oc1ccc4ccccc4c1B3c1cc3c(cc1O2)sc1ccccc13. The number of ether oxygens (including phenoxy) is 2. The first-order chi connectivity index (χ1) is 15.8. The molecule has 0 spiro atoms. The minimum atomic E-state index is 0.0721. The molecular weight excluding hydrogens is 411 g/mol. The first-order valence-corrected chi connectivity index (χ1v) is 11.6. The molecule has 0 atom stereocenters. The van der Waals surface area contributed by atoms with Crippen molar-refractivity contribution >= 4 is 65.4 Å². The van der Waals surface area contributed by atoms with E-state index in [1.54, 1.807) is 0 Å². The van der Waals surface area contributed by atoms with Crippen LogP contribution in [-0.2, 0) is 0 Å². The molecule has 0 bridgehead atoms. The summed E-state index contributed by atoms with van der Waals surface area (Å²) < 4.78 is 15.5. The van der Waals surface area contributed by atoms with Gasteiger partial charge < -0.3 is 9.47 Å². The molecular formula is C28H15BO2S. The van der Waals surface area contributed by atoms with Crippen molar-refractivity contribution in [2.45, 2.75) is 0 Å². The van der Waals surface area contributed by atoms with Gasteiger partial charge in [0.1, 0.15) is 23.0 Å². The lowest BCUT2D eigenvalue weighted by atomic mass is 9.34. The van der Waals surface area contributed by atoms with Gasteiger partial charge in [-0.1, -0.05) is 60.7 Å². The highest BCUT2D eigenvalue weighted by Gasteiger charge is 2.41. The number of rotatable bonds is 0. The fraction of sp³-hybridized carbons (Fsp3) is 0. The molecule has 0 saturated heterocycles. The van der Waals surface area contributed by atoms with Gasteiger partial charge >= 0.3 is 0 Å². The zero-order valence-electron chi connectivity index (χ0n) is 17.0. The fourth-order valence-electron chi connectivity index (χ4n) is 5.42. The van der Waals surface area contributed by atoms with Crippen molar-refractivity contribution in [3.05, 3.63) is 91.0 Å². The monoisotopic (exact) mass is 426 g/mol. The first-order valence-electron chi connectivity index (χ1n) is 10.8. The van der Waals surface area contributed by atoms with E-state index in [4.69, 9.17) is 9.47 Å². The van der Waals surface area contributed by atoms with Gasteiger partial charge in [-0.2, -0.15) is 0 Å². The predicted molar refractivity (Wildman–Crippen MR) is 135 cm³/mol. The molecule has 2 nitrogen and oxygen atoms in total. The van der Waals surface area contributed by atoms with E-state index in [2.05, 4.69) is 84.9 Å². The summed E-state index contributed by atoms with van der Waals surface area (Å²) >= 11 is 1.83. The van der Waals surface area contributed by atoms with E-state index in [0.717, 1.165) is 28.5 Å². The summed E-state index contributed by atoms with van der Waals surface area (Å²) in [6, 6.07) is 32.2. The van der Waals surface area contributed by atoms with Crippen LogP contribution in [0, 0.1) is 0 Å². The van der Waals surface area contributed by atoms with Gasteiger partial charge in [-0.15, -0.1) is 11.3 Å². The van der Waals surface area contributed by atoms with Gasteiger partial charge in [0.2, 0.25) is 0 Å². The van der Waals surface area contributed by atoms with Crippen LogP contribution in [-0.4, -0.2) is 6.71 Å². The molecule has 0 unspecified atom stereocenters. The number of hydrogen-bond donors (Lipinski definition) is 0. The van der Waals surface area contributed by atoms with Crippen molar-refractivity contribution in [3.8, 4) is 23.0 Å². The Labute approximate surface area is 188 Å². The van der Waals surface area contributed by atoms with Crippen LogP contribution in [0.3, 0.4) is 0 Å². The van der Waals surface area contributed by atoms with Crippen molar-refractivity contribution in [1.82, 2.24) is 0 Å². The van der Waals surface area contributed by atoms with Gasteiger partial charge in [0.15, 0.2) is 0 Å². The van der Waals surface area contributed by atoms with E-state index in [9.17, 15) is 0 Å². The normalized spacial score (nSPS) is 13.4. The summed E-state index contributed by atoms with van der Waals surface area (Å²) in [6.07, 6.45) is 0. The van der Waals surface area contributed by atoms with Gasteiger partial charge in [-0.3, -0.25) is 0 Å². The highest BCUT2D eigenvalue weighted by Crippen LogP contribution is 2.40. The maximum absolute atomic E-state index is 6.48. The Kier molecular flexibility index (Phi) is 3.13. The third-order valence-electron chi connectivity index (χ3n) is 6.79. The van der Waals surface area contributed by atoms with E-state index in [1.807, 2.05) is 17.4 Å². The van der Waals surface area contributed by atoms with E-state index >= 15 is 0 Å². The highest BCUT2D eigenvalue weighted by atomic mass is 32.1. The van der Waals surface area contributed by atoms with Crippen LogP contribution in [0.2, 0.25) is 0 Å². The smallest absolute Gasteiger partial charge is 0.261 e. The molecule has 32 heavy (non-hydrogen) atoms. The summed E-state index contributed by atoms with van der Waals surface area (Å²) in [4.78, 5) is 0. The lowest BCUT2D eigenvalue weighted by Crippen LogP contribution is -2.57. The molecule has 0 saturated carbocycles. The average molecular weight is 426 g/mol. The van der Waals surface area contributed by atoms with Crippen LogP contribution >= 0.6 is 11.3 Å². The largest absolute Gasteiger partial charge is 0.458 e. The van der Waals surface area contributed by atoms with Crippen LogP contribution in [0.5, 0.6) is 23.0 Å². The van der Waals surface area contributed by atoms with Gasteiger partial charge in [-0.05, 0) is 52.0 Å². The van der Waals surface area contributed by atoms with Crippen LogP contribution in [0.25, 0.3) is 30.9 Å². The van der Waals surface area contributed by atoms with Gasteiger partial charge in [-0.25, -0.2) is 0 Å². The summed E-state index contributed by atoms with van der Waals surface area (Å²) in [6.45, 7) is 0.0721. The number of thiophene rings is 1. The van der Waals surface area contributed by atoms with Crippen LogP contribution < -0.4 is 25.9 Å². The summed E-state index contributed by atoms with van der Waals surface area (Å²) in [5.41, 5.74) is 3.57. The van der Waals surface area contributed by atoms with Gasteiger partial charge in [0.25, 0.3) is 6.71 Å². The molecule has 6 aromatic rings. The van der Waals surface area contributed by atoms with Crippen LogP contribution in [0.1, 0.15) is 0 Å². The molecule has 5 aromatic carbocycles. The average Bonchev–Trinajstić information content (AvgIpc) is 3.20. The second kappa shape index (κ2) is 5.93. The Bertz CT molecular complexity index is 1750. The van der Waals surface area contributed by atoms with Crippen molar-refractivity contribution in [2.75, 3.05) is 0 Å². The quantitative estimate of drug-likeness (QED) is 0.280. The minimum Gasteiger partial charge on any atom is -0.458 e. The minimum absolute atomic E-state index is 0.0721. The molecule has 3 heterocycles. The van der Waals surface area contributed by atoms with Crippen molar-refractivity contribution in [3.63, 3.8) is 0 Å². The summed E-state index contributed by atoms with van der Waals surface area (Å²) in [5, 5.41) is 5.06. The van der Waals surface area contributed by atoms with Crippen molar-refractivity contribution < 1.29 is 9.47 Å². The molecule has 148 valence electrons. The molecule has 0 fully saturated rings. The Morgan fingerprint density at radius 1 is 0.531 bits per heavy atom. The third-order valence-corrected chi connectivity index (χ3v) is 7.93. The lowest BCUT2D eigenvalue weighted by Gasteiger charge is -2.33.